The summed E-state index contributed by atoms with van der Waals surface area (Å²) < 4.78 is 18.4. The minimum Gasteiger partial charge on any atom is -0.494 e. The van der Waals surface area contributed by atoms with Gasteiger partial charge in [-0.1, -0.05) is 34.1 Å². The summed E-state index contributed by atoms with van der Waals surface area (Å²) in [5.74, 6) is 1.80. The molecule has 36 heavy (non-hydrogen) atoms. The maximum atomic E-state index is 13.3. The molecule has 0 spiro atoms. The average Bonchev–Trinajstić information content (AvgIpc) is 3.08. The Morgan fingerprint density at radius 2 is 1.58 bits per heavy atom. The lowest BCUT2D eigenvalue weighted by Gasteiger charge is -2.16. The molecule has 3 aromatic carbocycles. The van der Waals surface area contributed by atoms with E-state index in [1.54, 1.807) is 11.9 Å². The standard InChI is InChI=1S/C28H27BrN2O4S/c1-4-33-23-13-11-22(12-14-23)31-27(32)24(30(3)28(31)36)16-20-8-15-25(26(17-20)34-5-2)35-18-19-6-9-21(29)10-7-19/h6-17H,4-5,18H2,1-3H3/b24-16-. The largest absolute Gasteiger partial charge is 0.494 e. The molecule has 1 heterocycles. The van der Waals surface area contributed by atoms with Crippen LogP contribution in [0.4, 0.5) is 5.69 Å². The Hall–Kier alpha value is -3.36. The average molecular weight is 568 g/mol. The SMILES string of the molecule is CCOc1ccc(N2C(=O)/C(=C/c3ccc(OCc4ccc(Br)cc4)c(OCC)c3)N(C)C2=S)cc1. The molecule has 1 aliphatic heterocycles. The number of thiocarbonyl (C=S) groups is 1. The number of carbonyl (C=O) groups excluding carboxylic acids is 1. The highest BCUT2D eigenvalue weighted by atomic mass is 79.9. The van der Waals surface area contributed by atoms with Gasteiger partial charge in [-0.05, 0) is 91.8 Å². The van der Waals surface area contributed by atoms with Gasteiger partial charge in [-0.25, -0.2) is 0 Å². The molecule has 1 saturated heterocycles. The van der Waals surface area contributed by atoms with Gasteiger partial charge in [-0.15, -0.1) is 0 Å². The first kappa shape index (κ1) is 25.7. The van der Waals surface area contributed by atoms with Gasteiger partial charge in [0.1, 0.15) is 18.1 Å². The third-order valence-electron chi connectivity index (χ3n) is 5.55. The monoisotopic (exact) mass is 566 g/mol. The summed E-state index contributed by atoms with van der Waals surface area (Å²) in [7, 11) is 1.79. The lowest BCUT2D eigenvalue weighted by Crippen LogP contribution is -2.31. The molecule has 4 rings (SSSR count). The van der Waals surface area contributed by atoms with Crippen LogP contribution in [0.1, 0.15) is 25.0 Å². The fourth-order valence-electron chi connectivity index (χ4n) is 3.74. The van der Waals surface area contributed by atoms with Crippen molar-refractivity contribution in [3.63, 3.8) is 0 Å². The second-order valence-electron chi connectivity index (χ2n) is 7.99. The van der Waals surface area contributed by atoms with Gasteiger partial charge < -0.3 is 19.1 Å². The molecule has 0 saturated carbocycles. The van der Waals surface area contributed by atoms with E-state index in [0.29, 0.717) is 47.8 Å². The molecule has 0 radical (unpaired) electrons. The summed E-state index contributed by atoms with van der Waals surface area (Å²) in [6.45, 7) is 5.33. The maximum Gasteiger partial charge on any atom is 0.281 e. The van der Waals surface area contributed by atoms with Crippen molar-refractivity contribution >= 4 is 50.9 Å². The summed E-state index contributed by atoms with van der Waals surface area (Å²) in [6.07, 6.45) is 1.81. The zero-order valence-electron chi connectivity index (χ0n) is 20.4. The summed E-state index contributed by atoms with van der Waals surface area (Å²) >= 11 is 9.03. The molecule has 0 aliphatic carbocycles. The van der Waals surface area contributed by atoms with Crippen LogP contribution in [0, 0.1) is 0 Å². The van der Waals surface area contributed by atoms with Crippen LogP contribution in [0.5, 0.6) is 17.2 Å². The van der Waals surface area contributed by atoms with E-state index < -0.39 is 0 Å². The molecule has 0 N–H and O–H groups in total. The number of benzene rings is 3. The second kappa shape index (κ2) is 11.6. The summed E-state index contributed by atoms with van der Waals surface area (Å²) in [5.41, 5.74) is 3.02. The van der Waals surface area contributed by atoms with Crippen LogP contribution in [0.3, 0.4) is 0 Å². The van der Waals surface area contributed by atoms with Crippen LogP contribution in [-0.2, 0) is 11.4 Å². The molecule has 0 aromatic heterocycles. The van der Waals surface area contributed by atoms with Gasteiger partial charge in [-0.3, -0.25) is 9.69 Å². The lowest BCUT2D eigenvalue weighted by atomic mass is 10.1. The minimum atomic E-state index is -0.194. The van der Waals surface area contributed by atoms with Crippen LogP contribution in [0.25, 0.3) is 6.08 Å². The van der Waals surface area contributed by atoms with Crippen LogP contribution in [0.2, 0.25) is 0 Å². The summed E-state index contributed by atoms with van der Waals surface area (Å²) in [5, 5.41) is 0.412. The number of carbonyl (C=O) groups is 1. The Morgan fingerprint density at radius 1 is 0.889 bits per heavy atom. The van der Waals surface area contributed by atoms with Gasteiger partial charge in [0.05, 0.1) is 18.9 Å². The highest BCUT2D eigenvalue weighted by molar-refractivity contribution is 9.10. The molecule has 1 aliphatic rings. The number of likely N-dealkylation sites (N-methyl/N-ethyl adjacent to an activating group) is 1. The molecule has 1 fully saturated rings. The predicted octanol–water partition coefficient (Wildman–Crippen LogP) is 6.43. The number of ether oxygens (including phenoxy) is 3. The molecule has 0 atom stereocenters. The van der Waals surface area contributed by atoms with E-state index in [-0.39, 0.29) is 5.91 Å². The van der Waals surface area contributed by atoms with Crippen molar-refractivity contribution in [1.82, 2.24) is 4.90 Å². The molecule has 8 heteroatoms. The first-order valence-electron chi connectivity index (χ1n) is 11.6. The molecule has 6 nitrogen and oxygen atoms in total. The molecule has 3 aromatic rings. The van der Waals surface area contributed by atoms with Crippen LogP contribution >= 0.6 is 28.1 Å². The minimum absolute atomic E-state index is 0.194. The van der Waals surface area contributed by atoms with Gasteiger partial charge in [0.25, 0.3) is 5.91 Å². The van der Waals surface area contributed by atoms with E-state index in [2.05, 4.69) is 15.9 Å². The fraction of sp³-hybridized carbons (Fsp3) is 0.214. The van der Waals surface area contributed by atoms with E-state index in [1.165, 1.54) is 4.90 Å². The number of halogens is 1. The molecular formula is C28H27BrN2O4S. The third kappa shape index (κ3) is 5.71. The van der Waals surface area contributed by atoms with Crippen molar-refractivity contribution in [1.29, 1.82) is 0 Å². The van der Waals surface area contributed by atoms with Crippen molar-refractivity contribution in [3.05, 3.63) is 88.0 Å². The summed E-state index contributed by atoms with van der Waals surface area (Å²) in [6, 6.07) is 20.9. The molecule has 1 amide bonds. The Morgan fingerprint density at radius 3 is 2.25 bits per heavy atom. The Labute approximate surface area is 225 Å². The van der Waals surface area contributed by atoms with E-state index >= 15 is 0 Å². The number of hydrogen-bond donors (Lipinski definition) is 0. The zero-order valence-corrected chi connectivity index (χ0v) is 22.8. The van der Waals surface area contributed by atoms with Crippen molar-refractivity contribution in [2.75, 3.05) is 25.2 Å². The lowest BCUT2D eigenvalue weighted by molar-refractivity contribution is -0.114. The highest BCUT2D eigenvalue weighted by Gasteiger charge is 2.36. The van der Waals surface area contributed by atoms with Gasteiger partial charge in [0.15, 0.2) is 16.6 Å². The molecule has 186 valence electrons. The van der Waals surface area contributed by atoms with Gasteiger partial charge in [0.2, 0.25) is 0 Å². The predicted molar refractivity (Wildman–Crippen MR) is 150 cm³/mol. The van der Waals surface area contributed by atoms with E-state index in [0.717, 1.165) is 21.3 Å². The Bertz CT molecular complexity index is 1280. The number of nitrogens with zero attached hydrogens (tertiary/aromatic N) is 2. The van der Waals surface area contributed by atoms with Crippen LogP contribution in [-0.4, -0.2) is 36.2 Å². The van der Waals surface area contributed by atoms with Gasteiger partial charge >= 0.3 is 0 Å². The quantitative estimate of drug-likeness (QED) is 0.220. The number of rotatable bonds is 9. The van der Waals surface area contributed by atoms with Crippen LogP contribution in [0.15, 0.2) is 76.9 Å². The number of anilines is 1. The normalized spacial score (nSPS) is 14.5. The molecular weight excluding hydrogens is 540 g/mol. The van der Waals surface area contributed by atoms with E-state index in [1.807, 2.05) is 86.7 Å². The highest BCUT2D eigenvalue weighted by Crippen LogP contribution is 2.33. The van der Waals surface area contributed by atoms with Crippen molar-refractivity contribution in [3.8, 4) is 17.2 Å². The smallest absolute Gasteiger partial charge is 0.281 e. The van der Waals surface area contributed by atoms with Gasteiger partial charge in [-0.2, -0.15) is 0 Å². The number of hydrogen-bond acceptors (Lipinski definition) is 5. The fourth-order valence-corrected chi connectivity index (χ4v) is 4.29. The van der Waals surface area contributed by atoms with E-state index in [4.69, 9.17) is 26.4 Å². The van der Waals surface area contributed by atoms with Crippen molar-refractivity contribution in [2.45, 2.75) is 20.5 Å². The van der Waals surface area contributed by atoms with Crippen molar-refractivity contribution < 1.29 is 19.0 Å². The topological polar surface area (TPSA) is 51.2 Å². The number of amides is 1. The first-order chi connectivity index (χ1) is 17.4. The van der Waals surface area contributed by atoms with Crippen molar-refractivity contribution in [2.24, 2.45) is 0 Å². The van der Waals surface area contributed by atoms with E-state index in [9.17, 15) is 4.79 Å². The first-order valence-corrected chi connectivity index (χ1v) is 12.8. The second-order valence-corrected chi connectivity index (χ2v) is 9.27. The van der Waals surface area contributed by atoms with Crippen LogP contribution < -0.4 is 19.1 Å². The molecule has 0 unspecified atom stereocenters. The summed E-state index contributed by atoms with van der Waals surface area (Å²) in [4.78, 5) is 16.6. The third-order valence-corrected chi connectivity index (χ3v) is 6.53. The Kier molecular flexibility index (Phi) is 8.28. The Balaban J connectivity index is 1.56. The zero-order chi connectivity index (χ0) is 25.7. The van der Waals surface area contributed by atoms with Gasteiger partial charge in [0, 0.05) is 11.5 Å². The maximum absolute atomic E-state index is 13.3. The molecule has 0 bridgehead atoms.